The lowest BCUT2D eigenvalue weighted by atomic mass is 9.89. The van der Waals surface area contributed by atoms with Crippen LogP contribution in [0.5, 0.6) is 0 Å². The second kappa shape index (κ2) is 11.1. The average molecular weight is 589 g/mol. The summed E-state index contributed by atoms with van der Waals surface area (Å²) in [7, 11) is 1.70. The van der Waals surface area contributed by atoms with Gasteiger partial charge in [-0.2, -0.15) is 13.9 Å². The highest BCUT2D eigenvalue weighted by Crippen LogP contribution is 2.50. The zero-order valence-corrected chi connectivity index (χ0v) is 22.6. The fraction of sp³-hybridized carbons (Fsp3) is 0.310. The number of pyridine rings is 2. The Hall–Kier alpha value is -4.42. The van der Waals surface area contributed by atoms with Crippen molar-refractivity contribution in [3.8, 4) is 11.1 Å². The van der Waals surface area contributed by atoms with Crippen LogP contribution in [0.25, 0.3) is 11.1 Å². The van der Waals surface area contributed by atoms with Gasteiger partial charge >= 0.3 is 0 Å². The molecule has 7 nitrogen and oxygen atoms in total. The minimum Gasteiger partial charge on any atom is -0.373 e. The van der Waals surface area contributed by atoms with Crippen LogP contribution < -0.4 is 10.6 Å². The van der Waals surface area contributed by atoms with Gasteiger partial charge in [-0.1, -0.05) is 6.07 Å². The molecule has 1 aliphatic carbocycles. The first-order valence-electron chi connectivity index (χ1n) is 13.1. The van der Waals surface area contributed by atoms with Crippen LogP contribution in [0.3, 0.4) is 0 Å². The largest absolute Gasteiger partial charge is 0.373 e. The zero-order chi connectivity index (χ0) is 30.2. The Morgan fingerprint density at radius 1 is 1.02 bits per heavy atom. The monoisotopic (exact) mass is 588 g/mol. The van der Waals surface area contributed by atoms with Gasteiger partial charge < -0.3 is 10.6 Å². The number of fused-ring (bicyclic) bond motifs is 1. The van der Waals surface area contributed by atoms with E-state index in [-0.39, 0.29) is 17.7 Å². The number of rotatable bonds is 8. The quantitative estimate of drug-likeness (QED) is 0.245. The summed E-state index contributed by atoms with van der Waals surface area (Å²) in [5.74, 6) is -9.02. The first-order valence-corrected chi connectivity index (χ1v) is 13.1. The maximum atomic E-state index is 14.8. The standard InChI is InChI=1S/C29H26F6N6O/c1-16-25-27(29(34,35)8-7-28(25,32)33)41(40-16)15-24(42)39-22(12-17-10-19(30)13-20(31)11-17)26-21(4-3-9-37-26)18-5-6-23(36-2)38-14-18/h3-6,9-11,13-14,22H,7-8,12,15H2,1-2H3,(H,36,38)(H,39,42)/t22-/m0/s1. The molecule has 42 heavy (non-hydrogen) atoms. The van der Waals surface area contributed by atoms with E-state index in [1.807, 2.05) is 0 Å². The van der Waals surface area contributed by atoms with Crippen molar-refractivity contribution in [2.24, 2.45) is 0 Å². The van der Waals surface area contributed by atoms with Crippen molar-refractivity contribution >= 4 is 11.7 Å². The Bertz CT molecular complexity index is 1600. The molecule has 1 amide bonds. The molecule has 0 saturated heterocycles. The third kappa shape index (κ3) is 5.81. The lowest BCUT2D eigenvalue weighted by Crippen LogP contribution is -2.37. The summed E-state index contributed by atoms with van der Waals surface area (Å²) in [4.78, 5) is 22.0. The van der Waals surface area contributed by atoms with Gasteiger partial charge in [0.15, 0.2) is 0 Å². The highest BCUT2D eigenvalue weighted by atomic mass is 19.3. The summed E-state index contributed by atoms with van der Waals surface area (Å²) in [5, 5.41) is 9.46. The van der Waals surface area contributed by atoms with Gasteiger partial charge in [0.2, 0.25) is 5.91 Å². The molecule has 13 heteroatoms. The van der Waals surface area contributed by atoms with Crippen LogP contribution in [0.15, 0.2) is 54.9 Å². The van der Waals surface area contributed by atoms with Gasteiger partial charge in [-0.05, 0) is 49.2 Å². The molecule has 1 aliphatic rings. The number of halogens is 6. The molecule has 0 spiro atoms. The fourth-order valence-electron chi connectivity index (χ4n) is 5.26. The number of carbonyl (C=O) groups is 1. The normalized spacial score (nSPS) is 16.0. The summed E-state index contributed by atoms with van der Waals surface area (Å²) >= 11 is 0. The smallest absolute Gasteiger partial charge is 0.290 e. The Morgan fingerprint density at radius 3 is 2.40 bits per heavy atom. The molecule has 0 saturated carbocycles. The molecule has 3 aromatic heterocycles. The molecule has 5 rings (SSSR count). The average Bonchev–Trinajstić information content (AvgIpc) is 3.28. The summed E-state index contributed by atoms with van der Waals surface area (Å²) in [6.45, 7) is 0.397. The van der Waals surface area contributed by atoms with Crippen molar-refractivity contribution in [2.75, 3.05) is 12.4 Å². The van der Waals surface area contributed by atoms with Gasteiger partial charge in [0, 0.05) is 49.5 Å². The van der Waals surface area contributed by atoms with Gasteiger partial charge in [0.1, 0.15) is 29.7 Å². The lowest BCUT2D eigenvalue weighted by molar-refractivity contribution is -0.123. The van der Waals surface area contributed by atoms with Crippen molar-refractivity contribution in [1.29, 1.82) is 0 Å². The van der Waals surface area contributed by atoms with Crippen LogP contribution in [0.1, 0.15) is 47.1 Å². The molecule has 0 unspecified atom stereocenters. The number of carbonyl (C=O) groups excluding carboxylic acids is 1. The van der Waals surface area contributed by atoms with Crippen LogP contribution >= 0.6 is 0 Å². The molecule has 0 bridgehead atoms. The van der Waals surface area contributed by atoms with E-state index in [4.69, 9.17) is 0 Å². The summed E-state index contributed by atoms with van der Waals surface area (Å²) in [6.07, 6.45) is 0.788. The second-order valence-electron chi connectivity index (χ2n) is 10.1. The van der Waals surface area contributed by atoms with E-state index < -0.39 is 66.1 Å². The van der Waals surface area contributed by atoms with Crippen molar-refractivity contribution in [2.45, 2.75) is 50.6 Å². The number of aromatic nitrogens is 4. The third-order valence-electron chi connectivity index (χ3n) is 7.08. The number of alkyl halides is 4. The number of anilines is 1. The molecule has 1 atom stereocenters. The highest BCUT2D eigenvalue weighted by molar-refractivity contribution is 5.77. The van der Waals surface area contributed by atoms with Gasteiger partial charge in [-0.25, -0.2) is 22.5 Å². The van der Waals surface area contributed by atoms with Crippen molar-refractivity contribution in [1.82, 2.24) is 25.1 Å². The molecular formula is C29H26F6N6O. The van der Waals surface area contributed by atoms with Gasteiger partial charge in [0.05, 0.1) is 23.0 Å². The van der Waals surface area contributed by atoms with E-state index in [0.717, 1.165) is 12.1 Å². The zero-order valence-electron chi connectivity index (χ0n) is 22.6. The number of hydrogen-bond donors (Lipinski definition) is 2. The number of amides is 1. The topological polar surface area (TPSA) is 84.7 Å². The van der Waals surface area contributed by atoms with Crippen LogP contribution in [-0.2, 0) is 29.6 Å². The molecule has 0 aliphatic heterocycles. The molecular weight excluding hydrogens is 562 g/mol. The number of benzene rings is 1. The predicted octanol–water partition coefficient (Wildman–Crippen LogP) is 6.05. The summed E-state index contributed by atoms with van der Waals surface area (Å²) in [6, 6.07) is 8.77. The summed E-state index contributed by atoms with van der Waals surface area (Å²) in [5.41, 5.74) is -0.485. The van der Waals surface area contributed by atoms with Crippen LogP contribution in [-0.4, -0.2) is 32.7 Å². The first-order chi connectivity index (χ1) is 19.9. The van der Waals surface area contributed by atoms with E-state index in [2.05, 4.69) is 25.7 Å². The molecule has 0 fully saturated rings. The first kappa shape index (κ1) is 29.1. The number of nitrogens with zero attached hydrogens (tertiary/aromatic N) is 4. The van der Waals surface area contributed by atoms with Gasteiger partial charge in [-0.15, -0.1) is 0 Å². The number of aryl methyl sites for hydroxylation is 1. The third-order valence-corrected chi connectivity index (χ3v) is 7.08. The van der Waals surface area contributed by atoms with Crippen LogP contribution in [0.4, 0.5) is 32.2 Å². The van der Waals surface area contributed by atoms with E-state index >= 15 is 0 Å². The summed E-state index contributed by atoms with van der Waals surface area (Å²) < 4.78 is 87.5. The SMILES string of the molecule is CNc1ccc(-c2cccnc2[C@H](Cc2cc(F)cc(F)c2)NC(=O)Cn2nc(C)c3c2C(F)(F)CCC3(F)F)cn1. The Labute approximate surface area is 237 Å². The predicted molar refractivity (Wildman–Crippen MR) is 142 cm³/mol. The van der Waals surface area contributed by atoms with Gasteiger partial charge in [0.25, 0.3) is 11.8 Å². The van der Waals surface area contributed by atoms with Crippen LogP contribution in [0.2, 0.25) is 0 Å². The fourth-order valence-corrected chi connectivity index (χ4v) is 5.26. The number of nitrogens with one attached hydrogen (secondary N) is 2. The maximum Gasteiger partial charge on any atom is 0.290 e. The van der Waals surface area contributed by atoms with E-state index in [9.17, 15) is 31.1 Å². The van der Waals surface area contributed by atoms with Gasteiger partial charge in [-0.3, -0.25) is 14.5 Å². The molecule has 1 aromatic carbocycles. The minimum atomic E-state index is -3.61. The van der Waals surface area contributed by atoms with Crippen molar-refractivity contribution in [3.05, 3.63) is 94.7 Å². The Morgan fingerprint density at radius 2 is 1.74 bits per heavy atom. The Kier molecular flexibility index (Phi) is 7.69. The van der Waals surface area contributed by atoms with E-state index in [1.54, 1.807) is 37.5 Å². The molecule has 220 valence electrons. The Balaban J connectivity index is 1.51. The maximum absolute atomic E-state index is 14.8. The molecule has 2 N–H and O–H groups in total. The molecule has 3 heterocycles. The van der Waals surface area contributed by atoms with Crippen molar-refractivity contribution in [3.63, 3.8) is 0 Å². The highest BCUT2D eigenvalue weighted by Gasteiger charge is 2.53. The number of hydrogen-bond acceptors (Lipinski definition) is 5. The van der Waals surface area contributed by atoms with Crippen molar-refractivity contribution < 1.29 is 31.1 Å². The minimum absolute atomic E-state index is 0.128. The molecule has 0 radical (unpaired) electrons. The van der Waals surface area contributed by atoms with E-state index in [0.29, 0.717) is 33.4 Å². The second-order valence-corrected chi connectivity index (χ2v) is 10.1. The van der Waals surface area contributed by atoms with Crippen LogP contribution in [0, 0.1) is 18.6 Å². The lowest BCUT2D eigenvalue weighted by Gasteiger charge is -2.29. The molecule has 4 aromatic rings. The van der Waals surface area contributed by atoms with E-state index in [1.165, 1.54) is 13.1 Å².